The zero-order valence-electron chi connectivity index (χ0n) is 50.0. The SMILES string of the molecule is C[C@H](NC(=O)[C@H](CC(=O)O)CC(=O)CNC(=S)Nc1ccc(CCC(C(=O)O)N2CCN(CC(=O)[O-])CCN(CC(=O)[O-])CCN(CC(=O)[O-])CC2)cc1)C(=O)C[C@@H](Cc1cnc[nH]1)C(=O)N[C@@H](CO)C(=O)C[C@@H](Cc1ccccc1)C(=O)N[C@@H](CO)C(=O)O.[Ga+3]. The van der Waals surface area contributed by atoms with Crippen LogP contribution in [0.1, 0.15) is 55.8 Å². The second-order valence-corrected chi connectivity index (χ2v) is 22.1. The van der Waals surface area contributed by atoms with Crippen LogP contribution < -0.4 is 41.9 Å². The van der Waals surface area contributed by atoms with Gasteiger partial charge in [0.15, 0.2) is 22.5 Å². The molecule has 7 atom stereocenters. The number of aliphatic carboxylic acids is 6. The number of carbonyl (C=O) groups excluding carboxylic acids is 9. The summed E-state index contributed by atoms with van der Waals surface area (Å²) >= 11 is 5.37. The predicted octanol–water partition coefficient (Wildman–Crippen LogP) is -6.60. The molecule has 91 heavy (non-hydrogen) atoms. The number of rotatable bonds is 37. The first kappa shape index (κ1) is 77.2. The Labute approximate surface area is 541 Å². The van der Waals surface area contributed by atoms with Crippen molar-refractivity contribution in [2.75, 3.05) is 97.1 Å². The maximum Gasteiger partial charge on any atom is 3.00 e. The van der Waals surface area contributed by atoms with E-state index in [0.717, 1.165) is 0 Å². The molecule has 11 N–H and O–H groups in total. The summed E-state index contributed by atoms with van der Waals surface area (Å²) in [5.41, 5.74) is 2.11. The van der Waals surface area contributed by atoms with Gasteiger partial charge in [0.2, 0.25) is 17.7 Å². The Morgan fingerprint density at radius 3 is 1.59 bits per heavy atom. The number of hydrogen-bond acceptors (Lipinski definition) is 23. The van der Waals surface area contributed by atoms with Gasteiger partial charge in [-0.1, -0.05) is 42.5 Å². The summed E-state index contributed by atoms with van der Waals surface area (Å²) in [6.45, 7) is -2.03. The van der Waals surface area contributed by atoms with Crippen molar-refractivity contribution in [1.82, 2.24) is 50.8 Å². The molecule has 1 aliphatic heterocycles. The quantitative estimate of drug-likeness (QED) is 0.0189. The van der Waals surface area contributed by atoms with Crippen LogP contribution in [0.25, 0.3) is 0 Å². The first-order valence-electron chi connectivity index (χ1n) is 28.8. The summed E-state index contributed by atoms with van der Waals surface area (Å²) < 4.78 is 0. The Kier molecular flexibility index (Phi) is 33.9. The summed E-state index contributed by atoms with van der Waals surface area (Å²) in [6, 6.07) is 9.25. The summed E-state index contributed by atoms with van der Waals surface area (Å²) in [7, 11) is 0. The zero-order chi connectivity index (χ0) is 66.5. The van der Waals surface area contributed by atoms with E-state index in [-0.39, 0.29) is 103 Å². The Morgan fingerprint density at radius 2 is 1.11 bits per heavy atom. The number of aryl methyl sites for hydroxylation is 1. The molecular weight excluding hydrogens is 1270 g/mol. The van der Waals surface area contributed by atoms with E-state index in [9.17, 15) is 98.4 Å². The molecule has 1 saturated heterocycles. The summed E-state index contributed by atoms with van der Waals surface area (Å²) in [5, 5.41) is 96.6. The van der Waals surface area contributed by atoms with Gasteiger partial charge in [0.1, 0.15) is 18.1 Å². The fourth-order valence-electron chi connectivity index (χ4n) is 9.86. The largest absolute Gasteiger partial charge is 3.00 e. The topological polar surface area (TPSA) is 477 Å². The number of anilines is 1. The molecule has 0 spiro atoms. The number of Topliss-reactive ketones (excluding diaryl/α,β-unsaturated/α-hetero) is 3. The molecule has 1 unspecified atom stereocenters. The second-order valence-electron chi connectivity index (χ2n) is 21.7. The smallest absolute Gasteiger partial charge is 0.549 e. The first-order valence-corrected chi connectivity index (χ1v) is 29.2. The third kappa shape index (κ3) is 28.8. The van der Waals surface area contributed by atoms with Gasteiger partial charge in [-0.2, -0.15) is 0 Å². The van der Waals surface area contributed by atoms with E-state index in [1.54, 1.807) is 59.5 Å². The Bertz CT molecular complexity index is 2920. The Hall–Kier alpha value is -8.02. The number of benzene rings is 2. The van der Waals surface area contributed by atoms with Crippen molar-refractivity contribution in [2.24, 2.45) is 17.8 Å². The van der Waals surface area contributed by atoms with Crippen molar-refractivity contribution in [3.05, 3.63) is 83.9 Å². The number of carboxylic acids is 6. The van der Waals surface area contributed by atoms with Crippen LogP contribution in [0.2, 0.25) is 0 Å². The van der Waals surface area contributed by atoms with E-state index < -0.39 is 178 Å². The number of aromatic nitrogens is 2. The molecule has 0 bridgehead atoms. The van der Waals surface area contributed by atoms with Gasteiger partial charge in [0, 0.05) is 121 Å². The molecule has 492 valence electrons. The normalized spacial score (nSPS) is 15.9. The molecule has 3 aromatic rings. The molecular formula is C58H76GaN11O20S. The number of carbonyl (C=O) groups is 12. The number of hydrogen-bond donors (Lipinski definition) is 11. The van der Waals surface area contributed by atoms with Crippen molar-refractivity contribution < 1.29 is 98.4 Å². The first-order chi connectivity index (χ1) is 42.7. The van der Waals surface area contributed by atoms with Crippen molar-refractivity contribution in [2.45, 2.75) is 82.5 Å². The average molecular weight is 1350 g/mol. The molecule has 0 saturated carbocycles. The molecule has 0 aliphatic carbocycles. The number of amides is 3. The summed E-state index contributed by atoms with van der Waals surface area (Å²) in [6.07, 6.45) is 0.144. The molecule has 3 amide bonds. The number of thiocarbonyl (C=S) groups is 1. The maximum atomic E-state index is 13.9. The standard InChI is InChI=1S/C58H79N11O20S.Ga/c1-35(47(73)24-39(22-42-27-59-34-61-42)55(85)64-44(32-70)48(74)25-38(21-37-5-3-2-4-6-37)54(84)65-45(33-71)56(86)87)62-53(83)40(26-49(75)76)23-43(72)28-60-58(90)63-41-10-7-36(8-11-41)9-12-46(57(88)89)69-19-17-67(30-51(79)80)15-13-66(29-50(77)78)14-16-68(18-20-69)31-52(81)82;/h2-8,10-11,27,34-35,38-40,44-46,70-71H,9,12-26,28-33H2,1H3,(H,59,61)(H,62,83)(H,64,85)(H,65,84)(H,75,76)(H,77,78)(H,79,80)(H,81,82)(H,86,87)(H,88,89)(H2,60,63,90);/q;+3/p-3/t35-,38+,39+,40-,44-,45-,46?;/m0./s1. The van der Waals surface area contributed by atoms with Gasteiger partial charge in [-0.25, -0.2) is 9.78 Å². The Morgan fingerprint density at radius 1 is 0.604 bits per heavy atom. The fourth-order valence-corrected chi connectivity index (χ4v) is 10.1. The fraction of sp³-hybridized carbons (Fsp3) is 0.517. The molecule has 31 nitrogen and oxygen atoms in total. The summed E-state index contributed by atoms with van der Waals surface area (Å²) in [5.74, 6) is -17.3. The van der Waals surface area contributed by atoms with Crippen molar-refractivity contribution in [3.63, 3.8) is 0 Å². The van der Waals surface area contributed by atoms with E-state index in [1.165, 1.54) is 34.1 Å². The van der Waals surface area contributed by atoms with Crippen LogP contribution in [0.4, 0.5) is 5.69 Å². The predicted molar refractivity (Wildman–Crippen MR) is 319 cm³/mol. The zero-order valence-corrected chi connectivity index (χ0v) is 53.3. The number of aliphatic hydroxyl groups excluding tert-OH is 2. The van der Waals surface area contributed by atoms with E-state index in [4.69, 9.17) is 12.2 Å². The molecule has 0 radical (unpaired) electrons. The minimum atomic E-state index is -1.69. The molecule has 4 rings (SSSR count). The van der Waals surface area contributed by atoms with Gasteiger partial charge in [0.05, 0.1) is 68.3 Å². The number of H-pyrrole nitrogens is 1. The van der Waals surface area contributed by atoms with Gasteiger partial charge in [-0.05, 0) is 61.7 Å². The van der Waals surface area contributed by atoms with Crippen LogP contribution in [-0.4, -0.2) is 267 Å². The number of carboxylic acid groups (broad SMARTS) is 6. The van der Waals surface area contributed by atoms with Crippen molar-refractivity contribution in [3.8, 4) is 0 Å². The molecule has 1 aromatic heterocycles. The van der Waals surface area contributed by atoms with Crippen LogP contribution >= 0.6 is 12.2 Å². The summed E-state index contributed by atoms with van der Waals surface area (Å²) in [4.78, 5) is 165. The van der Waals surface area contributed by atoms with E-state index in [2.05, 4.69) is 36.6 Å². The number of ketones is 3. The van der Waals surface area contributed by atoms with Crippen LogP contribution in [0.3, 0.4) is 0 Å². The van der Waals surface area contributed by atoms with E-state index >= 15 is 0 Å². The van der Waals surface area contributed by atoms with Crippen molar-refractivity contribution in [1.29, 1.82) is 0 Å². The second kappa shape index (κ2) is 40.0. The van der Waals surface area contributed by atoms with Crippen LogP contribution in [0.5, 0.6) is 0 Å². The van der Waals surface area contributed by atoms with Gasteiger partial charge >= 0.3 is 37.7 Å². The van der Waals surface area contributed by atoms with E-state index in [1.807, 2.05) is 0 Å². The number of imidazole rings is 1. The monoisotopic (exact) mass is 1350 g/mol. The van der Waals surface area contributed by atoms with Crippen LogP contribution in [0, 0.1) is 17.8 Å². The molecule has 2 heterocycles. The number of nitrogens with one attached hydrogen (secondary N) is 6. The minimum absolute atomic E-state index is 0. The van der Waals surface area contributed by atoms with Crippen LogP contribution in [0.15, 0.2) is 67.1 Å². The van der Waals surface area contributed by atoms with E-state index in [0.29, 0.717) is 22.5 Å². The van der Waals surface area contributed by atoms with Gasteiger partial charge in [0.25, 0.3) is 0 Å². The molecule has 2 aromatic carbocycles. The Balaban J connectivity index is 0.0000216. The number of aliphatic hydroxyl groups is 2. The third-order valence-corrected chi connectivity index (χ3v) is 15.0. The third-order valence-electron chi connectivity index (χ3n) is 14.8. The van der Waals surface area contributed by atoms with Crippen LogP contribution in [-0.2, 0) is 76.8 Å². The molecule has 1 fully saturated rings. The number of aromatic amines is 1. The minimum Gasteiger partial charge on any atom is -0.549 e. The molecule has 33 heteroatoms. The number of nitrogens with zero attached hydrogens (tertiary/aromatic N) is 5. The van der Waals surface area contributed by atoms with Gasteiger partial charge < -0.3 is 86.8 Å². The van der Waals surface area contributed by atoms with Gasteiger partial charge in [-0.3, -0.25) is 58.0 Å². The average Bonchev–Trinajstić information content (AvgIpc) is 1.84. The van der Waals surface area contributed by atoms with Gasteiger partial charge in [-0.15, -0.1) is 0 Å². The maximum absolute atomic E-state index is 13.9. The molecule has 1 aliphatic rings. The van der Waals surface area contributed by atoms with Crippen molar-refractivity contribution >= 4 is 114 Å².